The third kappa shape index (κ3) is 2.92. The molecule has 0 saturated carbocycles. The molecule has 0 aliphatic carbocycles. The maximum atomic E-state index is 6.28. The van der Waals surface area contributed by atoms with Gasteiger partial charge in [-0.1, -0.05) is 11.6 Å². The van der Waals surface area contributed by atoms with Gasteiger partial charge in [0.05, 0.1) is 5.69 Å². The summed E-state index contributed by atoms with van der Waals surface area (Å²) in [5.74, 6) is 1.34. The Morgan fingerprint density at radius 1 is 1.32 bits per heavy atom. The normalized spacial score (nSPS) is 18.3. The van der Waals surface area contributed by atoms with E-state index in [0.29, 0.717) is 28.4 Å². The molecule has 3 N–H and O–H groups in total. The molecule has 0 spiro atoms. The standard InChI is InChI=1S/C15H19ClN6/c1-10-5-2-3-8-22(10)15-12(17)14(19-9-20-15)21-11-6-4-7-18-13(11)16/h4,6-7,9-10H,2-3,5,8,17H2,1H3,(H,19,20,21). The second-order valence-electron chi connectivity index (χ2n) is 5.46. The predicted molar refractivity (Wildman–Crippen MR) is 89.6 cm³/mol. The highest BCUT2D eigenvalue weighted by atomic mass is 35.5. The first kappa shape index (κ1) is 14.8. The molecule has 22 heavy (non-hydrogen) atoms. The Morgan fingerprint density at radius 2 is 2.18 bits per heavy atom. The molecule has 2 aromatic rings. The lowest BCUT2D eigenvalue weighted by Crippen LogP contribution is -2.38. The number of anilines is 4. The van der Waals surface area contributed by atoms with Crippen LogP contribution in [-0.4, -0.2) is 27.5 Å². The molecule has 1 saturated heterocycles. The highest BCUT2D eigenvalue weighted by Crippen LogP contribution is 2.33. The van der Waals surface area contributed by atoms with Crippen LogP contribution in [0.25, 0.3) is 0 Å². The van der Waals surface area contributed by atoms with E-state index in [1.807, 2.05) is 6.07 Å². The van der Waals surface area contributed by atoms with Gasteiger partial charge in [0.2, 0.25) is 0 Å². The first-order valence-electron chi connectivity index (χ1n) is 7.41. The van der Waals surface area contributed by atoms with Crippen molar-refractivity contribution in [2.45, 2.75) is 32.2 Å². The molecule has 1 fully saturated rings. The summed E-state index contributed by atoms with van der Waals surface area (Å²) in [7, 11) is 0. The van der Waals surface area contributed by atoms with Crippen LogP contribution >= 0.6 is 11.6 Å². The van der Waals surface area contributed by atoms with Gasteiger partial charge in [-0.2, -0.15) is 0 Å². The van der Waals surface area contributed by atoms with Crippen LogP contribution in [0.1, 0.15) is 26.2 Å². The van der Waals surface area contributed by atoms with Crippen molar-refractivity contribution in [3.8, 4) is 0 Å². The molecule has 0 radical (unpaired) electrons. The summed E-state index contributed by atoms with van der Waals surface area (Å²) in [6.07, 6.45) is 6.72. The number of aromatic nitrogens is 3. The van der Waals surface area contributed by atoms with Gasteiger partial charge < -0.3 is 16.0 Å². The zero-order valence-electron chi connectivity index (χ0n) is 12.5. The van der Waals surface area contributed by atoms with Crippen LogP contribution < -0.4 is 16.0 Å². The van der Waals surface area contributed by atoms with Crippen LogP contribution in [0.15, 0.2) is 24.7 Å². The van der Waals surface area contributed by atoms with E-state index in [9.17, 15) is 0 Å². The fraction of sp³-hybridized carbons (Fsp3) is 0.400. The van der Waals surface area contributed by atoms with Gasteiger partial charge in [-0.15, -0.1) is 0 Å². The third-order valence-corrected chi connectivity index (χ3v) is 4.25. The lowest BCUT2D eigenvalue weighted by Gasteiger charge is -2.35. The fourth-order valence-electron chi connectivity index (χ4n) is 2.73. The predicted octanol–water partition coefficient (Wildman–Crippen LogP) is 3.23. The molecule has 3 rings (SSSR count). The number of hydrogen-bond donors (Lipinski definition) is 2. The molecule has 1 atom stereocenters. The number of nitrogens with zero attached hydrogens (tertiary/aromatic N) is 4. The molecule has 1 unspecified atom stereocenters. The summed E-state index contributed by atoms with van der Waals surface area (Å²) in [6.45, 7) is 3.17. The van der Waals surface area contributed by atoms with Crippen molar-refractivity contribution in [1.82, 2.24) is 15.0 Å². The molecule has 6 nitrogen and oxygen atoms in total. The van der Waals surface area contributed by atoms with Crippen LogP contribution in [-0.2, 0) is 0 Å². The Hall–Kier alpha value is -2.08. The Bertz CT molecular complexity index is 662. The first-order chi connectivity index (χ1) is 10.7. The highest BCUT2D eigenvalue weighted by molar-refractivity contribution is 6.32. The van der Waals surface area contributed by atoms with Gasteiger partial charge >= 0.3 is 0 Å². The summed E-state index contributed by atoms with van der Waals surface area (Å²) < 4.78 is 0. The Balaban J connectivity index is 1.90. The lowest BCUT2D eigenvalue weighted by atomic mass is 10.0. The zero-order valence-corrected chi connectivity index (χ0v) is 13.2. The van der Waals surface area contributed by atoms with Crippen LogP contribution in [0.2, 0.25) is 5.15 Å². The van der Waals surface area contributed by atoms with Crippen molar-refractivity contribution in [3.63, 3.8) is 0 Å². The van der Waals surface area contributed by atoms with Crippen molar-refractivity contribution < 1.29 is 0 Å². The molecule has 1 aliphatic rings. The summed E-state index contributed by atoms with van der Waals surface area (Å²) in [4.78, 5) is 14.9. The van der Waals surface area contributed by atoms with E-state index in [4.69, 9.17) is 17.3 Å². The highest BCUT2D eigenvalue weighted by Gasteiger charge is 2.23. The Morgan fingerprint density at radius 3 is 2.95 bits per heavy atom. The molecule has 0 amide bonds. The maximum Gasteiger partial charge on any atom is 0.159 e. The minimum absolute atomic E-state index is 0.383. The minimum atomic E-state index is 0.383. The topological polar surface area (TPSA) is 80.0 Å². The average Bonchev–Trinajstić information content (AvgIpc) is 2.52. The molecule has 3 heterocycles. The molecule has 116 valence electrons. The smallest absolute Gasteiger partial charge is 0.159 e. The second kappa shape index (κ2) is 6.36. The summed E-state index contributed by atoms with van der Waals surface area (Å²) >= 11 is 6.07. The van der Waals surface area contributed by atoms with E-state index in [0.717, 1.165) is 25.2 Å². The molecular formula is C15H19ClN6. The minimum Gasteiger partial charge on any atom is -0.393 e. The Labute approximate surface area is 134 Å². The maximum absolute atomic E-state index is 6.28. The van der Waals surface area contributed by atoms with Gasteiger partial charge in [-0.05, 0) is 38.3 Å². The van der Waals surface area contributed by atoms with Gasteiger partial charge in [0.15, 0.2) is 16.8 Å². The van der Waals surface area contributed by atoms with Gasteiger partial charge in [0.1, 0.15) is 12.0 Å². The van der Waals surface area contributed by atoms with E-state index in [1.54, 1.807) is 12.3 Å². The van der Waals surface area contributed by atoms with Crippen LogP contribution in [0, 0.1) is 0 Å². The molecule has 0 aromatic carbocycles. The van der Waals surface area contributed by atoms with E-state index >= 15 is 0 Å². The number of nitrogens with one attached hydrogen (secondary N) is 1. The van der Waals surface area contributed by atoms with Crippen molar-refractivity contribution in [2.75, 3.05) is 22.5 Å². The number of piperidine rings is 1. The van der Waals surface area contributed by atoms with E-state index in [1.165, 1.54) is 12.7 Å². The average molecular weight is 319 g/mol. The van der Waals surface area contributed by atoms with Crippen LogP contribution in [0.4, 0.5) is 23.0 Å². The van der Waals surface area contributed by atoms with Crippen molar-refractivity contribution in [2.24, 2.45) is 0 Å². The molecule has 1 aliphatic heterocycles. The zero-order chi connectivity index (χ0) is 15.5. The largest absolute Gasteiger partial charge is 0.393 e. The SMILES string of the molecule is CC1CCCCN1c1ncnc(Nc2cccnc2Cl)c1N. The van der Waals surface area contributed by atoms with Crippen LogP contribution in [0.5, 0.6) is 0 Å². The Kier molecular flexibility index (Phi) is 4.29. The number of pyridine rings is 1. The van der Waals surface area contributed by atoms with Gasteiger partial charge in [-0.3, -0.25) is 0 Å². The summed E-state index contributed by atoms with van der Waals surface area (Å²) in [5, 5.41) is 3.52. The van der Waals surface area contributed by atoms with Crippen molar-refractivity contribution >= 4 is 34.6 Å². The van der Waals surface area contributed by atoms with Crippen molar-refractivity contribution in [3.05, 3.63) is 29.8 Å². The molecule has 2 aromatic heterocycles. The van der Waals surface area contributed by atoms with Gasteiger partial charge in [0.25, 0.3) is 0 Å². The first-order valence-corrected chi connectivity index (χ1v) is 7.79. The van der Waals surface area contributed by atoms with E-state index < -0.39 is 0 Å². The monoisotopic (exact) mass is 318 g/mol. The number of nitrogens with two attached hydrogens (primary N) is 1. The number of nitrogen functional groups attached to an aromatic ring is 1. The molecule has 0 bridgehead atoms. The fourth-order valence-corrected chi connectivity index (χ4v) is 2.90. The molecular weight excluding hydrogens is 300 g/mol. The number of hydrogen-bond acceptors (Lipinski definition) is 6. The summed E-state index contributed by atoms with van der Waals surface area (Å²) in [5.41, 5.74) is 7.49. The quantitative estimate of drug-likeness (QED) is 0.846. The van der Waals surface area contributed by atoms with Gasteiger partial charge in [-0.25, -0.2) is 15.0 Å². The van der Waals surface area contributed by atoms with Crippen LogP contribution in [0.3, 0.4) is 0 Å². The lowest BCUT2D eigenvalue weighted by molar-refractivity contribution is 0.481. The third-order valence-electron chi connectivity index (χ3n) is 3.95. The molecule has 7 heteroatoms. The number of halogens is 1. The van der Waals surface area contributed by atoms with Crippen molar-refractivity contribution in [1.29, 1.82) is 0 Å². The number of rotatable bonds is 3. The van der Waals surface area contributed by atoms with E-state index in [-0.39, 0.29) is 0 Å². The van der Waals surface area contributed by atoms with Gasteiger partial charge in [0, 0.05) is 18.8 Å². The summed E-state index contributed by atoms with van der Waals surface area (Å²) in [6, 6.07) is 4.07. The second-order valence-corrected chi connectivity index (χ2v) is 5.82. The van der Waals surface area contributed by atoms with E-state index in [2.05, 4.69) is 32.1 Å².